The monoisotopic (exact) mass is 268 g/mol. The molecule has 0 aromatic heterocycles. The molecule has 2 aliphatic rings. The Kier molecular flexibility index (Phi) is 4.91. The molecule has 1 N–H and O–H groups in total. The molecule has 1 unspecified atom stereocenters. The van der Waals surface area contributed by atoms with Crippen LogP contribution in [0.15, 0.2) is 0 Å². The van der Waals surface area contributed by atoms with Gasteiger partial charge in [0.1, 0.15) is 0 Å². The number of rotatable bonds is 5. The number of nitrogens with zero attached hydrogens (tertiary/aromatic N) is 1. The summed E-state index contributed by atoms with van der Waals surface area (Å²) in [6.07, 6.45) is 6.70. The van der Waals surface area contributed by atoms with Gasteiger partial charge in [-0.15, -0.1) is 0 Å². The lowest BCUT2D eigenvalue weighted by molar-refractivity contribution is 0.0435. The Hall–Kier alpha value is -0.120. The first-order valence-corrected chi connectivity index (χ1v) is 7.94. The Labute approximate surface area is 119 Å². The van der Waals surface area contributed by atoms with Crippen LogP contribution in [0.1, 0.15) is 52.9 Å². The largest absolute Gasteiger partial charge is 0.385 e. The Morgan fingerprint density at radius 1 is 1.32 bits per heavy atom. The molecule has 3 nitrogen and oxygen atoms in total. The van der Waals surface area contributed by atoms with Crippen LogP contribution >= 0.6 is 0 Å². The molecule has 0 amide bonds. The first-order valence-electron chi connectivity index (χ1n) is 7.94. The Morgan fingerprint density at radius 3 is 2.63 bits per heavy atom. The van der Waals surface area contributed by atoms with Gasteiger partial charge in [0, 0.05) is 44.9 Å². The van der Waals surface area contributed by atoms with Gasteiger partial charge in [0.15, 0.2) is 0 Å². The SMILES string of the molecule is COCCC(C)(C)CN1CC2(CCCC2)NCC1C. The highest BCUT2D eigenvalue weighted by atomic mass is 16.5. The zero-order valence-corrected chi connectivity index (χ0v) is 13.3. The summed E-state index contributed by atoms with van der Waals surface area (Å²) in [5.41, 5.74) is 0.783. The Bertz CT molecular complexity index is 284. The number of nitrogens with one attached hydrogen (secondary N) is 1. The lowest BCUT2D eigenvalue weighted by atomic mass is 9.86. The zero-order chi connectivity index (χ0) is 13.9. The highest BCUT2D eigenvalue weighted by Crippen LogP contribution is 2.34. The Balaban J connectivity index is 1.93. The Morgan fingerprint density at radius 2 is 2.00 bits per heavy atom. The van der Waals surface area contributed by atoms with E-state index in [1.54, 1.807) is 7.11 Å². The van der Waals surface area contributed by atoms with E-state index in [4.69, 9.17) is 4.74 Å². The van der Waals surface area contributed by atoms with E-state index in [1.165, 1.54) is 38.8 Å². The van der Waals surface area contributed by atoms with E-state index >= 15 is 0 Å². The van der Waals surface area contributed by atoms with Crippen molar-refractivity contribution in [3.63, 3.8) is 0 Å². The minimum Gasteiger partial charge on any atom is -0.385 e. The third-order valence-electron chi connectivity index (χ3n) is 5.08. The van der Waals surface area contributed by atoms with Crippen molar-refractivity contribution in [1.82, 2.24) is 10.2 Å². The maximum atomic E-state index is 5.26. The van der Waals surface area contributed by atoms with Crippen molar-refractivity contribution < 1.29 is 4.74 Å². The summed E-state index contributed by atoms with van der Waals surface area (Å²) in [7, 11) is 1.80. The van der Waals surface area contributed by atoms with E-state index in [0.717, 1.165) is 19.6 Å². The summed E-state index contributed by atoms with van der Waals surface area (Å²) < 4.78 is 5.26. The summed E-state index contributed by atoms with van der Waals surface area (Å²) in [5, 5.41) is 3.84. The van der Waals surface area contributed by atoms with E-state index < -0.39 is 0 Å². The van der Waals surface area contributed by atoms with Crippen LogP contribution in [0.2, 0.25) is 0 Å². The van der Waals surface area contributed by atoms with E-state index in [-0.39, 0.29) is 0 Å². The second-order valence-corrected chi connectivity index (χ2v) is 7.53. The molecular weight excluding hydrogens is 236 g/mol. The molecule has 1 saturated carbocycles. The minimum absolute atomic E-state index is 0.349. The molecule has 1 aliphatic heterocycles. The van der Waals surface area contributed by atoms with Crippen LogP contribution < -0.4 is 5.32 Å². The summed E-state index contributed by atoms with van der Waals surface area (Å²) in [4.78, 5) is 2.72. The van der Waals surface area contributed by atoms with Crippen LogP contribution in [-0.4, -0.2) is 49.8 Å². The molecule has 1 heterocycles. The topological polar surface area (TPSA) is 24.5 Å². The molecule has 2 rings (SSSR count). The smallest absolute Gasteiger partial charge is 0.0467 e. The summed E-state index contributed by atoms with van der Waals surface area (Å²) in [6, 6.07) is 0.660. The van der Waals surface area contributed by atoms with Crippen molar-refractivity contribution in [2.45, 2.75) is 64.5 Å². The van der Waals surface area contributed by atoms with Gasteiger partial charge in [0.2, 0.25) is 0 Å². The lowest BCUT2D eigenvalue weighted by Gasteiger charge is -2.47. The summed E-state index contributed by atoms with van der Waals surface area (Å²) in [5.74, 6) is 0. The molecular formula is C16H32N2O. The highest BCUT2D eigenvalue weighted by Gasteiger charge is 2.40. The third kappa shape index (κ3) is 3.93. The summed E-state index contributed by atoms with van der Waals surface area (Å²) in [6.45, 7) is 11.6. The minimum atomic E-state index is 0.349. The van der Waals surface area contributed by atoms with Crippen LogP contribution in [0.4, 0.5) is 0 Å². The van der Waals surface area contributed by atoms with Gasteiger partial charge in [-0.3, -0.25) is 4.90 Å². The average molecular weight is 268 g/mol. The van der Waals surface area contributed by atoms with Crippen LogP contribution in [0.3, 0.4) is 0 Å². The van der Waals surface area contributed by atoms with Crippen molar-refractivity contribution in [2.75, 3.05) is 33.4 Å². The number of hydrogen-bond donors (Lipinski definition) is 1. The first kappa shape index (κ1) is 15.3. The molecule has 0 bridgehead atoms. The lowest BCUT2D eigenvalue weighted by Crippen LogP contribution is -2.63. The van der Waals surface area contributed by atoms with Gasteiger partial charge in [-0.2, -0.15) is 0 Å². The van der Waals surface area contributed by atoms with Crippen molar-refractivity contribution in [2.24, 2.45) is 5.41 Å². The van der Waals surface area contributed by atoms with Gasteiger partial charge in [0.25, 0.3) is 0 Å². The van der Waals surface area contributed by atoms with Crippen LogP contribution in [-0.2, 0) is 4.74 Å². The molecule has 2 fully saturated rings. The number of ether oxygens (including phenoxy) is 1. The fourth-order valence-electron chi connectivity index (χ4n) is 3.70. The number of piperazine rings is 1. The fraction of sp³-hybridized carbons (Fsp3) is 1.00. The van der Waals surface area contributed by atoms with Gasteiger partial charge in [0.05, 0.1) is 0 Å². The number of hydrogen-bond acceptors (Lipinski definition) is 3. The van der Waals surface area contributed by atoms with Crippen molar-refractivity contribution in [3.8, 4) is 0 Å². The predicted octanol–water partition coefficient (Wildman–Crippen LogP) is 2.66. The van der Waals surface area contributed by atoms with E-state index in [1.807, 2.05) is 0 Å². The second-order valence-electron chi connectivity index (χ2n) is 7.53. The third-order valence-corrected chi connectivity index (χ3v) is 5.08. The van der Waals surface area contributed by atoms with Crippen molar-refractivity contribution in [1.29, 1.82) is 0 Å². The fourth-order valence-corrected chi connectivity index (χ4v) is 3.70. The molecule has 0 radical (unpaired) electrons. The maximum Gasteiger partial charge on any atom is 0.0467 e. The van der Waals surface area contributed by atoms with Crippen LogP contribution in [0, 0.1) is 5.41 Å². The number of methoxy groups -OCH3 is 1. The maximum absolute atomic E-state index is 5.26. The first-order chi connectivity index (χ1) is 8.96. The molecule has 1 aliphatic carbocycles. The molecule has 1 spiro atoms. The molecule has 1 saturated heterocycles. The van der Waals surface area contributed by atoms with Crippen molar-refractivity contribution in [3.05, 3.63) is 0 Å². The summed E-state index contributed by atoms with van der Waals surface area (Å²) >= 11 is 0. The molecule has 1 atom stereocenters. The molecule has 19 heavy (non-hydrogen) atoms. The average Bonchev–Trinajstić information content (AvgIpc) is 2.80. The van der Waals surface area contributed by atoms with E-state index in [2.05, 4.69) is 31.0 Å². The second kappa shape index (κ2) is 6.11. The van der Waals surface area contributed by atoms with Crippen LogP contribution in [0.25, 0.3) is 0 Å². The zero-order valence-electron chi connectivity index (χ0n) is 13.3. The van der Waals surface area contributed by atoms with Crippen molar-refractivity contribution >= 4 is 0 Å². The molecule has 0 aromatic carbocycles. The molecule has 112 valence electrons. The van der Waals surface area contributed by atoms with Crippen LogP contribution in [0.5, 0.6) is 0 Å². The van der Waals surface area contributed by atoms with E-state index in [0.29, 0.717) is 17.0 Å². The predicted molar refractivity (Wildman–Crippen MR) is 80.5 cm³/mol. The standard InChI is InChI=1S/C16H32N2O/c1-14-11-17-16(7-5-6-8-16)13-18(14)12-15(2,3)9-10-19-4/h14,17H,5-13H2,1-4H3. The van der Waals surface area contributed by atoms with Gasteiger partial charge in [-0.05, 0) is 31.6 Å². The van der Waals surface area contributed by atoms with Gasteiger partial charge in [-0.25, -0.2) is 0 Å². The normalized spacial score (nSPS) is 28.1. The highest BCUT2D eigenvalue weighted by molar-refractivity contribution is 5.00. The van der Waals surface area contributed by atoms with Gasteiger partial charge >= 0.3 is 0 Å². The van der Waals surface area contributed by atoms with Gasteiger partial charge in [-0.1, -0.05) is 26.7 Å². The quantitative estimate of drug-likeness (QED) is 0.829. The van der Waals surface area contributed by atoms with Gasteiger partial charge < -0.3 is 10.1 Å². The molecule has 0 aromatic rings. The molecule has 3 heteroatoms. The van der Waals surface area contributed by atoms with E-state index in [9.17, 15) is 0 Å².